The van der Waals surface area contributed by atoms with Crippen LogP contribution in [0.1, 0.15) is 109 Å². The second-order valence-corrected chi connectivity index (χ2v) is 21.7. The van der Waals surface area contributed by atoms with E-state index in [1.807, 2.05) is 0 Å². The topological polar surface area (TPSA) is 152 Å². The van der Waals surface area contributed by atoms with Gasteiger partial charge in [-0.3, -0.25) is 14.1 Å². The zero-order valence-electron chi connectivity index (χ0n) is 30.2. The summed E-state index contributed by atoms with van der Waals surface area (Å²) in [5, 5.41) is -5.08. The van der Waals surface area contributed by atoms with Gasteiger partial charge in [0.15, 0.2) is 5.79 Å². The van der Waals surface area contributed by atoms with Gasteiger partial charge in [0.2, 0.25) is 0 Å². The Morgan fingerprint density at radius 3 is 1.38 bits per heavy atom. The van der Waals surface area contributed by atoms with Crippen LogP contribution in [0.4, 0.5) is 8.78 Å². The smallest absolute Gasteiger partial charge is 0.464 e. The van der Waals surface area contributed by atoms with Gasteiger partial charge in [0.05, 0.1) is 29.5 Å². The van der Waals surface area contributed by atoms with Crippen molar-refractivity contribution in [3.8, 4) is 0 Å². The molecule has 0 aromatic heterocycles. The highest BCUT2D eigenvalue weighted by molar-refractivity contribution is 7.87. The van der Waals surface area contributed by atoms with Crippen LogP contribution in [-0.2, 0) is 48.2 Å². The third-order valence-electron chi connectivity index (χ3n) is 16.3. The summed E-state index contributed by atoms with van der Waals surface area (Å²) in [5.41, 5.74) is -3.18. The van der Waals surface area contributed by atoms with Crippen LogP contribution in [0.25, 0.3) is 0 Å². The summed E-state index contributed by atoms with van der Waals surface area (Å²) >= 11 is 0. The van der Waals surface area contributed by atoms with Crippen molar-refractivity contribution in [2.75, 3.05) is 26.4 Å². The first-order valence-electron chi connectivity index (χ1n) is 20.2. The van der Waals surface area contributed by atoms with E-state index < -0.39 is 49.0 Å². The molecule has 3 unspecified atom stereocenters. The molecule has 4 atom stereocenters. The largest absolute Gasteiger partial charge is 0.465 e. The number of rotatable bonds is 9. The normalized spacial score (nSPS) is 50.1. The van der Waals surface area contributed by atoms with Gasteiger partial charge in [0.25, 0.3) is 0 Å². The van der Waals surface area contributed by atoms with Crippen molar-refractivity contribution in [2.45, 2.75) is 126 Å². The van der Waals surface area contributed by atoms with Gasteiger partial charge >= 0.3 is 33.3 Å². The lowest BCUT2D eigenvalue weighted by Gasteiger charge is -2.65. The predicted molar refractivity (Wildman–Crippen MR) is 179 cm³/mol. The molecule has 53 heavy (non-hydrogen) atoms. The Labute approximate surface area is 309 Å². The fourth-order valence-electron chi connectivity index (χ4n) is 15.1. The first-order chi connectivity index (χ1) is 25.0. The van der Waals surface area contributed by atoms with Crippen molar-refractivity contribution in [3.63, 3.8) is 0 Å². The van der Waals surface area contributed by atoms with E-state index in [0.29, 0.717) is 54.8 Å². The van der Waals surface area contributed by atoms with Crippen LogP contribution in [0, 0.1) is 69.5 Å². The Morgan fingerprint density at radius 2 is 1.00 bits per heavy atom. The average Bonchev–Trinajstić information content (AvgIpc) is 3.07. The lowest BCUT2D eigenvalue weighted by atomic mass is 9.49. The quantitative estimate of drug-likeness (QED) is 0.171. The molecule has 1 heterocycles. The fraction of sp³-hybridized carbons (Fsp3) is 0.923. The number of halogens is 2. The SMILES string of the molecule is O=C(OCC1(COC(=O)C23CC4CC(CC(C4)C2)C3)COC2(OC1)C1CC3C[C@H]2CC(OC(=O)C(F)(F)S(=O)(=O)O)(C3)C1)C12CC3CC(CC(C3)C1)C2. The van der Waals surface area contributed by atoms with Gasteiger partial charge in [-0.2, -0.15) is 17.2 Å². The van der Waals surface area contributed by atoms with E-state index in [1.165, 1.54) is 38.5 Å². The molecule has 13 rings (SSSR count). The molecular formula is C39H52F2O11S. The summed E-state index contributed by atoms with van der Waals surface area (Å²) < 4.78 is 91.5. The Hall–Kier alpha value is -1.90. The first-order valence-corrected chi connectivity index (χ1v) is 21.7. The number of hydrogen-bond donors (Lipinski definition) is 1. The summed E-state index contributed by atoms with van der Waals surface area (Å²) in [5.74, 6) is -0.892. The van der Waals surface area contributed by atoms with Crippen LogP contribution >= 0.6 is 0 Å². The lowest BCUT2D eigenvalue weighted by molar-refractivity contribution is -0.397. The number of ether oxygens (including phenoxy) is 5. The highest BCUT2D eigenvalue weighted by Crippen LogP contribution is 2.65. The van der Waals surface area contributed by atoms with Crippen LogP contribution in [0.15, 0.2) is 0 Å². The van der Waals surface area contributed by atoms with Gasteiger partial charge in [0.1, 0.15) is 18.8 Å². The maximum atomic E-state index is 14.3. The lowest BCUT2D eigenvalue weighted by Crippen LogP contribution is -2.70. The van der Waals surface area contributed by atoms with Crippen LogP contribution < -0.4 is 0 Å². The molecule has 1 aliphatic heterocycles. The van der Waals surface area contributed by atoms with Gasteiger partial charge in [-0.25, -0.2) is 4.79 Å². The zero-order chi connectivity index (χ0) is 36.8. The van der Waals surface area contributed by atoms with Crippen molar-refractivity contribution < 1.29 is 59.8 Å². The maximum Gasteiger partial charge on any atom is 0.465 e. The van der Waals surface area contributed by atoms with E-state index >= 15 is 0 Å². The van der Waals surface area contributed by atoms with E-state index in [0.717, 1.165) is 38.5 Å². The number of esters is 3. The third-order valence-corrected chi connectivity index (χ3v) is 17.1. The molecule has 0 aromatic carbocycles. The third kappa shape index (κ3) is 5.51. The van der Waals surface area contributed by atoms with Crippen LogP contribution in [0.5, 0.6) is 0 Å². The van der Waals surface area contributed by atoms with Crippen molar-refractivity contribution in [3.05, 3.63) is 0 Å². The van der Waals surface area contributed by atoms with E-state index in [9.17, 15) is 31.6 Å². The summed E-state index contributed by atoms with van der Waals surface area (Å²) in [6.45, 7) is 0.172. The molecule has 1 N–H and O–H groups in total. The fourth-order valence-corrected chi connectivity index (χ4v) is 15.4. The molecule has 11 nitrogen and oxygen atoms in total. The van der Waals surface area contributed by atoms with Gasteiger partial charge < -0.3 is 23.7 Å². The van der Waals surface area contributed by atoms with E-state index in [4.69, 9.17) is 28.2 Å². The molecule has 1 saturated heterocycles. The van der Waals surface area contributed by atoms with E-state index in [2.05, 4.69) is 0 Å². The molecule has 13 fully saturated rings. The standard InChI is InChI=1S/C39H52F2O11S/c40-39(41,53(45,46)47)33(44)52-37-15-28-7-29(16-37)38(30(8-28)17-37)50-20-34(21-51-38,18-48-31(42)35-9-22-1-23(10-35)3-24(2-22)11-35)19-49-32(43)36-12-25-4-26(13-36)6-27(5-25)14-36/h22-30H,1-21H2,(H,45,46,47)/t22?,23?,24?,25?,26?,27?,28?,29-,30?,34?,35?,36?,37?,38?/m0/s1. The van der Waals surface area contributed by atoms with E-state index in [1.54, 1.807) is 0 Å². The average molecular weight is 767 g/mol. The number of carbonyl (C=O) groups is 3. The molecule has 14 heteroatoms. The Balaban J connectivity index is 0.866. The molecule has 0 aromatic rings. The second kappa shape index (κ2) is 11.6. The predicted octanol–water partition coefficient (Wildman–Crippen LogP) is 5.84. The van der Waals surface area contributed by atoms with Gasteiger partial charge in [-0.1, -0.05) is 0 Å². The highest BCUT2D eigenvalue weighted by Gasteiger charge is 2.69. The minimum atomic E-state index is -6.00. The number of alkyl halides is 2. The van der Waals surface area contributed by atoms with Crippen molar-refractivity contribution in [2.24, 2.45) is 69.5 Å². The zero-order valence-corrected chi connectivity index (χ0v) is 31.1. The van der Waals surface area contributed by atoms with Gasteiger partial charge in [-0.15, -0.1) is 0 Å². The van der Waals surface area contributed by atoms with Crippen LogP contribution in [-0.4, -0.2) is 73.9 Å². The Kier molecular flexibility index (Phi) is 7.76. The summed E-state index contributed by atoms with van der Waals surface area (Å²) in [6, 6.07) is 0. The Morgan fingerprint density at radius 1 is 0.623 bits per heavy atom. The van der Waals surface area contributed by atoms with Crippen molar-refractivity contribution in [1.29, 1.82) is 0 Å². The molecule has 13 aliphatic rings. The molecule has 1 spiro atoms. The van der Waals surface area contributed by atoms with Crippen LogP contribution in [0.2, 0.25) is 0 Å². The number of hydrogen-bond acceptors (Lipinski definition) is 10. The first kappa shape index (κ1) is 35.5. The Bertz CT molecular complexity index is 1530. The minimum Gasteiger partial charge on any atom is -0.464 e. The molecule has 12 saturated carbocycles. The summed E-state index contributed by atoms with van der Waals surface area (Å²) in [4.78, 5) is 40.5. The van der Waals surface area contributed by atoms with E-state index in [-0.39, 0.29) is 69.0 Å². The van der Waals surface area contributed by atoms with Crippen LogP contribution in [0.3, 0.4) is 0 Å². The summed E-state index contributed by atoms with van der Waals surface area (Å²) in [6.07, 6.45) is 14.3. The molecule has 294 valence electrons. The highest BCUT2D eigenvalue weighted by atomic mass is 32.2. The number of carbonyl (C=O) groups excluding carboxylic acids is 3. The van der Waals surface area contributed by atoms with Crippen molar-refractivity contribution >= 4 is 28.0 Å². The maximum absolute atomic E-state index is 14.3. The molecule has 0 amide bonds. The molecule has 12 aliphatic carbocycles. The minimum absolute atomic E-state index is 0.0119. The van der Waals surface area contributed by atoms with Gasteiger partial charge in [-0.05, 0) is 151 Å². The second-order valence-electron chi connectivity index (χ2n) is 20.3. The molecule has 12 bridgehead atoms. The molecule has 0 radical (unpaired) electrons. The summed E-state index contributed by atoms with van der Waals surface area (Å²) in [7, 11) is -6.00. The monoisotopic (exact) mass is 766 g/mol. The van der Waals surface area contributed by atoms with Crippen molar-refractivity contribution in [1.82, 2.24) is 0 Å². The molecular weight excluding hydrogens is 714 g/mol. The van der Waals surface area contributed by atoms with Gasteiger partial charge in [0, 0.05) is 11.8 Å².